The number of carbonyl (C=O) groups excluding carboxylic acids is 2. The lowest BCUT2D eigenvalue weighted by Gasteiger charge is -2.25. The molecular formula is C31H30N2O5. The number of aliphatic hydroxyl groups is 1. The average Bonchev–Trinajstić information content (AvgIpc) is 3.46. The summed E-state index contributed by atoms with van der Waals surface area (Å²) in [4.78, 5) is 31.6. The Kier molecular flexibility index (Phi) is 6.92. The zero-order valence-electron chi connectivity index (χ0n) is 21.6. The number of methoxy groups -OCH3 is 1. The summed E-state index contributed by atoms with van der Waals surface area (Å²) in [5, 5.41) is 12.3. The summed E-state index contributed by atoms with van der Waals surface area (Å²) < 4.78 is 11.0. The predicted molar refractivity (Wildman–Crippen MR) is 146 cm³/mol. The van der Waals surface area contributed by atoms with Gasteiger partial charge in [0, 0.05) is 34.8 Å². The van der Waals surface area contributed by atoms with E-state index in [1.165, 1.54) is 4.90 Å². The monoisotopic (exact) mass is 510 g/mol. The average molecular weight is 511 g/mol. The van der Waals surface area contributed by atoms with Crippen molar-refractivity contribution in [3.63, 3.8) is 0 Å². The maximum Gasteiger partial charge on any atom is 0.295 e. The molecular weight excluding hydrogens is 480 g/mol. The van der Waals surface area contributed by atoms with Crippen LogP contribution < -0.4 is 9.47 Å². The third-order valence-corrected chi connectivity index (χ3v) is 6.68. The van der Waals surface area contributed by atoms with E-state index in [1.54, 1.807) is 37.6 Å². The molecule has 5 rings (SSSR count). The second-order valence-corrected chi connectivity index (χ2v) is 9.79. The van der Waals surface area contributed by atoms with E-state index in [1.807, 2.05) is 48.5 Å². The lowest BCUT2D eigenvalue weighted by atomic mass is 9.94. The van der Waals surface area contributed by atoms with Crippen LogP contribution in [0.2, 0.25) is 0 Å². The maximum atomic E-state index is 13.4. The molecule has 194 valence electrons. The van der Waals surface area contributed by atoms with Crippen molar-refractivity contribution in [2.45, 2.75) is 26.4 Å². The third kappa shape index (κ3) is 4.75. The van der Waals surface area contributed by atoms with Crippen LogP contribution in [0, 0.1) is 5.92 Å². The van der Waals surface area contributed by atoms with E-state index >= 15 is 0 Å². The van der Waals surface area contributed by atoms with Gasteiger partial charge >= 0.3 is 0 Å². The van der Waals surface area contributed by atoms with Gasteiger partial charge in [-0.3, -0.25) is 9.59 Å². The number of rotatable bonds is 8. The lowest BCUT2D eigenvalue weighted by Crippen LogP contribution is -2.29. The highest BCUT2D eigenvalue weighted by Crippen LogP contribution is 2.42. The van der Waals surface area contributed by atoms with E-state index in [-0.39, 0.29) is 17.9 Å². The van der Waals surface area contributed by atoms with E-state index in [0.29, 0.717) is 29.6 Å². The van der Waals surface area contributed by atoms with Gasteiger partial charge < -0.3 is 24.5 Å². The Balaban J connectivity index is 1.59. The van der Waals surface area contributed by atoms with Crippen molar-refractivity contribution >= 4 is 28.4 Å². The smallest absolute Gasteiger partial charge is 0.295 e. The molecule has 2 N–H and O–H groups in total. The van der Waals surface area contributed by atoms with Gasteiger partial charge in [-0.1, -0.05) is 44.2 Å². The predicted octanol–water partition coefficient (Wildman–Crippen LogP) is 5.83. The van der Waals surface area contributed by atoms with Crippen molar-refractivity contribution in [1.82, 2.24) is 9.88 Å². The van der Waals surface area contributed by atoms with Gasteiger partial charge in [0.2, 0.25) is 0 Å². The number of aromatic nitrogens is 1. The van der Waals surface area contributed by atoms with Crippen LogP contribution in [0.5, 0.6) is 11.5 Å². The van der Waals surface area contributed by atoms with Crippen molar-refractivity contribution in [2.24, 2.45) is 5.92 Å². The zero-order valence-corrected chi connectivity index (χ0v) is 21.6. The van der Waals surface area contributed by atoms with E-state index in [9.17, 15) is 14.7 Å². The number of ketones is 1. The fraction of sp³-hybridized carbons (Fsp3) is 0.226. The Hall–Kier alpha value is -4.52. The van der Waals surface area contributed by atoms with E-state index in [2.05, 4.69) is 18.8 Å². The molecule has 7 heteroatoms. The Labute approximate surface area is 221 Å². The molecule has 0 bridgehead atoms. The SMILES string of the molecule is COc1ccc(CN2C(=O)C(=O)/C(=C(/O)c3ccc(OCC(C)C)cc3)C2c2c[nH]c3ccccc23)cc1. The molecule has 3 aromatic carbocycles. The molecule has 1 aliphatic heterocycles. The molecule has 1 amide bonds. The van der Waals surface area contributed by atoms with Crippen molar-refractivity contribution < 1.29 is 24.2 Å². The molecule has 1 unspecified atom stereocenters. The van der Waals surface area contributed by atoms with Crippen LogP contribution in [-0.4, -0.2) is 40.4 Å². The van der Waals surface area contributed by atoms with Gasteiger partial charge in [0.05, 0.1) is 25.3 Å². The zero-order chi connectivity index (χ0) is 26.8. The lowest BCUT2D eigenvalue weighted by molar-refractivity contribution is -0.140. The standard InChI is InChI=1S/C31H30N2O5/c1-19(2)18-38-23-14-10-21(11-15-23)29(34)27-28(25-16-32-26-7-5-4-6-24(25)26)33(31(36)30(27)35)17-20-8-12-22(37-3)13-9-20/h4-16,19,28,32,34H,17-18H2,1-3H3/b29-27+. The van der Waals surface area contributed by atoms with E-state index in [4.69, 9.17) is 9.47 Å². The molecule has 0 saturated carbocycles. The largest absolute Gasteiger partial charge is 0.507 e. The van der Waals surface area contributed by atoms with Gasteiger partial charge in [-0.25, -0.2) is 0 Å². The summed E-state index contributed by atoms with van der Waals surface area (Å²) in [6.07, 6.45) is 1.80. The molecule has 2 heterocycles. The molecule has 1 aliphatic rings. The molecule has 1 atom stereocenters. The van der Waals surface area contributed by atoms with Crippen molar-refractivity contribution in [3.05, 3.63) is 101 Å². The number of benzene rings is 3. The fourth-order valence-corrected chi connectivity index (χ4v) is 4.74. The van der Waals surface area contributed by atoms with E-state index in [0.717, 1.165) is 22.0 Å². The quantitative estimate of drug-likeness (QED) is 0.177. The number of hydrogen-bond acceptors (Lipinski definition) is 5. The number of H-pyrrole nitrogens is 1. The van der Waals surface area contributed by atoms with Crippen LogP contribution in [0.1, 0.15) is 36.6 Å². The minimum absolute atomic E-state index is 0.0594. The summed E-state index contributed by atoms with van der Waals surface area (Å²) >= 11 is 0. The second-order valence-electron chi connectivity index (χ2n) is 9.79. The molecule has 1 fully saturated rings. The molecule has 0 radical (unpaired) electrons. The fourth-order valence-electron chi connectivity index (χ4n) is 4.74. The number of aliphatic hydroxyl groups excluding tert-OH is 1. The highest BCUT2D eigenvalue weighted by atomic mass is 16.5. The Bertz CT molecular complexity index is 1500. The molecule has 7 nitrogen and oxygen atoms in total. The van der Waals surface area contributed by atoms with Crippen LogP contribution in [0.15, 0.2) is 84.6 Å². The Morgan fingerprint density at radius 2 is 1.66 bits per heavy atom. The number of Topliss-reactive ketones (excluding diaryl/α,β-unsaturated/α-hetero) is 1. The highest BCUT2D eigenvalue weighted by molar-refractivity contribution is 6.46. The molecule has 4 aromatic rings. The number of carbonyl (C=O) groups is 2. The Morgan fingerprint density at radius 1 is 0.974 bits per heavy atom. The van der Waals surface area contributed by atoms with Crippen LogP contribution in [0.25, 0.3) is 16.7 Å². The van der Waals surface area contributed by atoms with Crippen LogP contribution in [0.4, 0.5) is 0 Å². The number of nitrogens with one attached hydrogen (secondary N) is 1. The van der Waals surface area contributed by atoms with Crippen LogP contribution >= 0.6 is 0 Å². The van der Waals surface area contributed by atoms with Gasteiger partial charge in [0.1, 0.15) is 17.3 Å². The third-order valence-electron chi connectivity index (χ3n) is 6.68. The topological polar surface area (TPSA) is 91.9 Å². The highest BCUT2D eigenvalue weighted by Gasteiger charge is 2.46. The van der Waals surface area contributed by atoms with Gasteiger partial charge in [-0.2, -0.15) is 0 Å². The van der Waals surface area contributed by atoms with Gasteiger partial charge in [0.15, 0.2) is 0 Å². The number of hydrogen-bond donors (Lipinski definition) is 2. The van der Waals surface area contributed by atoms with Crippen LogP contribution in [-0.2, 0) is 16.1 Å². The van der Waals surface area contributed by atoms with Gasteiger partial charge in [-0.05, 0) is 53.9 Å². The maximum absolute atomic E-state index is 13.4. The first kappa shape index (κ1) is 25.1. The first-order valence-electron chi connectivity index (χ1n) is 12.6. The summed E-state index contributed by atoms with van der Waals surface area (Å²) in [5.41, 5.74) is 2.96. The number of amides is 1. The van der Waals surface area contributed by atoms with Gasteiger partial charge in [-0.15, -0.1) is 0 Å². The van der Waals surface area contributed by atoms with Gasteiger partial charge in [0.25, 0.3) is 11.7 Å². The van der Waals surface area contributed by atoms with Crippen LogP contribution in [0.3, 0.4) is 0 Å². The number of ether oxygens (including phenoxy) is 2. The normalized spacial score (nSPS) is 16.9. The van der Waals surface area contributed by atoms with Crippen molar-refractivity contribution in [2.75, 3.05) is 13.7 Å². The first-order valence-corrected chi connectivity index (χ1v) is 12.6. The summed E-state index contributed by atoms with van der Waals surface area (Å²) in [7, 11) is 1.59. The summed E-state index contributed by atoms with van der Waals surface area (Å²) in [6.45, 7) is 4.89. The molecule has 38 heavy (non-hydrogen) atoms. The Morgan fingerprint density at radius 3 is 2.34 bits per heavy atom. The number of aromatic amines is 1. The second kappa shape index (κ2) is 10.5. The summed E-state index contributed by atoms with van der Waals surface area (Å²) in [5.74, 6) is 0.154. The molecule has 0 spiro atoms. The molecule has 1 saturated heterocycles. The number of likely N-dealkylation sites (tertiary alicyclic amines) is 1. The summed E-state index contributed by atoms with van der Waals surface area (Å²) in [6, 6.07) is 21.2. The number of nitrogens with zero attached hydrogens (tertiary/aromatic N) is 1. The van der Waals surface area contributed by atoms with E-state index < -0.39 is 17.7 Å². The van der Waals surface area contributed by atoms with Crippen molar-refractivity contribution in [3.8, 4) is 11.5 Å². The minimum atomic E-state index is -0.773. The van der Waals surface area contributed by atoms with Crippen molar-refractivity contribution in [1.29, 1.82) is 0 Å². The number of fused-ring (bicyclic) bond motifs is 1. The number of para-hydroxylation sites is 1. The minimum Gasteiger partial charge on any atom is -0.507 e. The molecule has 0 aliphatic carbocycles. The first-order chi connectivity index (χ1) is 18.4. The molecule has 1 aromatic heterocycles.